The zero-order chi connectivity index (χ0) is 16.9. The Morgan fingerprint density at radius 1 is 0.875 bits per heavy atom. The van der Waals surface area contributed by atoms with Crippen LogP contribution in [0.25, 0.3) is 0 Å². The van der Waals surface area contributed by atoms with E-state index in [1.54, 1.807) is 47.8 Å². The average Bonchev–Trinajstić information content (AvgIpc) is 3.24. The highest BCUT2D eigenvalue weighted by atomic mass is 35.5. The molecule has 0 N–H and O–H groups in total. The van der Waals surface area contributed by atoms with Crippen molar-refractivity contribution in [2.24, 2.45) is 0 Å². The first-order chi connectivity index (χ1) is 11.6. The van der Waals surface area contributed by atoms with Gasteiger partial charge in [-0.1, -0.05) is 29.3 Å². The molecule has 0 aliphatic heterocycles. The lowest BCUT2D eigenvalue weighted by Crippen LogP contribution is -2.31. The monoisotopic (exact) mass is 363 g/mol. The maximum absolute atomic E-state index is 12.8. The summed E-state index contributed by atoms with van der Waals surface area (Å²) in [6.07, 6.45) is 3.27. The van der Waals surface area contributed by atoms with Crippen molar-refractivity contribution in [2.45, 2.75) is 19.5 Å². The van der Waals surface area contributed by atoms with E-state index >= 15 is 0 Å². The molecule has 2 heterocycles. The third-order valence-corrected chi connectivity index (χ3v) is 4.30. The van der Waals surface area contributed by atoms with Crippen LogP contribution in [0.4, 0.5) is 0 Å². The van der Waals surface area contributed by atoms with Crippen molar-refractivity contribution >= 4 is 29.1 Å². The lowest BCUT2D eigenvalue weighted by atomic mass is 10.1. The number of furan rings is 2. The molecule has 0 atom stereocenters. The van der Waals surface area contributed by atoms with Crippen LogP contribution in [-0.4, -0.2) is 10.8 Å². The first-order valence-corrected chi connectivity index (χ1v) is 8.14. The van der Waals surface area contributed by atoms with E-state index in [1.807, 2.05) is 12.1 Å². The van der Waals surface area contributed by atoms with Crippen molar-refractivity contribution in [1.82, 2.24) is 4.90 Å². The number of rotatable bonds is 6. The second kappa shape index (κ2) is 7.60. The number of amides is 1. The Bertz CT molecular complexity index is 741. The zero-order valence-electron chi connectivity index (χ0n) is 12.7. The molecule has 0 saturated carbocycles. The first-order valence-electron chi connectivity index (χ1n) is 7.39. The van der Waals surface area contributed by atoms with E-state index in [0.29, 0.717) is 40.2 Å². The van der Waals surface area contributed by atoms with Crippen LogP contribution >= 0.6 is 23.2 Å². The Hall–Kier alpha value is -2.17. The highest BCUT2D eigenvalue weighted by molar-refractivity contribution is 6.36. The zero-order valence-corrected chi connectivity index (χ0v) is 14.3. The predicted molar refractivity (Wildman–Crippen MR) is 91.8 cm³/mol. The molecule has 0 spiro atoms. The normalized spacial score (nSPS) is 10.8. The number of carbonyl (C=O) groups excluding carboxylic acids is 1. The van der Waals surface area contributed by atoms with Gasteiger partial charge in [-0.05, 0) is 42.0 Å². The standard InChI is InChI=1S/C18H15Cl2NO3/c19-16-6-1-7-17(20)15(16)10-18(22)21(11-13-4-2-8-23-13)12-14-5-3-9-24-14/h1-9H,10-12H2. The van der Waals surface area contributed by atoms with E-state index in [2.05, 4.69) is 0 Å². The van der Waals surface area contributed by atoms with Gasteiger partial charge in [0.1, 0.15) is 11.5 Å². The summed E-state index contributed by atoms with van der Waals surface area (Å²) in [4.78, 5) is 14.4. The molecule has 1 amide bonds. The summed E-state index contributed by atoms with van der Waals surface area (Å²) in [5, 5.41) is 0.957. The molecule has 0 unspecified atom stereocenters. The summed E-state index contributed by atoms with van der Waals surface area (Å²) in [5.41, 5.74) is 0.620. The average molecular weight is 364 g/mol. The van der Waals surface area contributed by atoms with Crippen molar-refractivity contribution in [3.63, 3.8) is 0 Å². The largest absolute Gasteiger partial charge is 0.467 e. The molecule has 3 aromatic rings. The van der Waals surface area contributed by atoms with Crippen LogP contribution in [0.15, 0.2) is 63.8 Å². The fraction of sp³-hybridized carbons (Fsp3) is 0.167. The maximum atomic E-state index is 12.8. The molecule has 0 bridgehead atoms. The van der Waals surface area contributed by atoms with E-state index in [0.717, 1.165) is 0 Å². The highest BCUT2D eigenvalue weighted by Crippen LogP contribution is 2.25. The highest BCUT2D eigenvalue weighted by Gasteiger charge is 2.20. The van der Waals surface area contributed by atoms with Crippen LogP contribution in [0.3, 0.4) is 0 Å². The van der Waals surface area contributed by atoms with E-state index in [4.69, 9.17) is 32.0 Å². The molecule has 0 aliphatic carbocycles. The Morgan fingerprint density at radius 2 is 1.42 bits per heavy atom. The van der Waals surface area contributed by atoms with Crippen molar-refractivity contribution in [1.29, 1.82) is 0 Å². The van der Waals surface area contributed by atoms with Gasteiger partial charge in [0.15, 0.2) is 0 Å². The van der Waals surface area contributed by atoms with Crippen molar-refractivity contribution in [3.8, 4) is 0 Å². The molecule has 3 rings (SSSR count). The van der Waals surface area contributed by atoms with Crippen molar-refractivity contribution < 1.29 is 13.6 Å². The molecule has 24 heavy (non-hydrogen) atoms. The van der Waals surface area contributed by atoms with Crippen LogP contribution in [-0.2, 0) is 24.3 Å². The van der Waals surface area contributed by atoms with Gasteiger partial charge in [-0.2, -0.15) is 0 Å². The van der Waals surface area contributed by atoms with Crippen LogP contribution in [0.1, 0.15) is 17.1 Å². The van der Waals surface area contributed by atoms with Gasteiger partial charge in [0.05, 0.1) is 32.0 Å². The second-order valence-corrected chi connectivity index (χ2v) is 6.10. The first kappa shape index (κ1) is 16.7. The predicted octanol–water partition coefficient (Wildman–Crippen LogP) is 4.95. The van der Waals surface area contributed by atoms with Crippen molar-refractivity contribution in [3.05, 3.63) is 82.1 Å². The Kier molecular flexibility index (Phi) is 5.28. The molecule has 0 fully saturated rings. The van der Waals surface area contributed by atoms with Crippen LogP contribution < -0.4 is 0 Å². The molecule has 0 saturated heterocycles. The fourth-order valence-corrected chi connectivity index (χ4v) is 2.91. The van der Waals surface area contributed by atoms with E-state index < -0.39 is 0 Å². The number of hydrogen-bond acceptors (Lipinski definition) is 3. The number of benzene rings is 1. The quantitative estimate of drug-likeness (QED) is 0.622. The summed E-state index contributed by atoms with van der Waals surface area (Å²) in [5.74, 6) is 1.28. The number of nitrogens with zero attached hydrogens (tertiary/aromatic N) is 1. The molecule has 124 valence electrons. The van der Waals surface area contributed by atoms with Gasteiger partial charge in [0.25, 0.3) is 0 Å². The van der Waals surface area contributed by atoms with Crippen molar-refractivity contribution in [2.75, 3.05) is 0 Å². The van der Waals surface area contributed by atoms with Crippen LogP contribution in [0, 0.1) is 0 Å². The van der Waals surface area contributed by atoms with Gasteiger partial charge in [0.2, 0.25) is 5.91 Å². The Balaban J connectivity index is 1.79. The Morgan fingerprint density at radius 3 is 1.88 bits per heavy atom. The van der Waals surface area contributed by atoms with Gasteiger partial charge in [-0.25, -0.2) is 0 Å². The minimum atomic E-state index is -0.113. The minimum absolute atomic E-state index is 0.111. The molecule has 6 heteroatoms. The van der Waals surface area contributed by atoms with Gasteiger partial charge in [-0.15, -0.1) is 0 Å². The van der Waals surface area contributed by atoms with E-state index in [9.17, 15) is 4.79 Å². The van der Waals surface area contributed by atoms with Gasteiger partial charge >= 0.3 is 0 Å². The molecule has 4 nitrogen and oxygen atoms in total. The summed E-state index contributed by atoms with van der Waals surface area (Å²) >= 11 is 12.3. The third-order valence-electron chi connectivity index (χ3n) is 3.60. The smallest absolute Gasteiger partial charge is 0.227 e. The van der Waals surface area contributed by atoms with Gasteiger partial charge in [-0.3, -0.25) is 4.79 Å². The molecule has 0 aliphatic rings. The van der Waals surface area contributed by atoms with Gasteiger partial charge in [0, 0.05) is 10.0 Å². The number of hydrogen-bond donors (Lipinski definition) is 0. The van der Waals surface area contributed by atoms with E-state index in [1.165, 1.54) is 0 Å². The minimum Gasteiger partial charge on any atom is -0.467 e. The summed E-state index contributed by atoms with van der Waals surface area (Å²) < 4.78 is 10.7. The number of halogens is 2. The van der Waals surface area contributed by atoms with Crippen LogP contribution in [0.5, 0.6) is 0 Å². The van der Waals surface area contributed by atoms with E-state index in [-0.39, 0.29) is 12.3 Å². The van der Waals surface area contributed by atoms with Gasteiger partial charge < -0.3 is 13.7 Å². The Labute approximate surface area is 149 Å². The molecule has 0 radical (unpaired) electrons. The fourth-order valence-electron chi connectivity index (χ4n) is 2.38. The SMILES string of the molecule is O=C(Cc1c(Cl)cccc1Cl)N(Cc1ccco1)Cc1ccco1. The topological polar surface area (TPSA) is 46.6 Å². The maximum Gasteiger partial charge on any atom is 0.227 e. The molecular weight excluding hydrogens is 349 g/mol. The third kappa shape index (κ3) is 4.02. The summed E-state index contributed by atoms with van der Waals surface area (Å²) in [6.45, 7) is 0.684. The second-order valence-electron chi connectivity index (χ2n) is 5.29. The summed E-state index contributed by atoms with van der Waals surface area (Å²) in [7, 11) is 0. The lowest BCUT2D eigenvalue weighted by molar-refractivity contribution is -0.132. The van der Waals surface area contributed by atoms with Crippen LogP contribution in [0.2, 0.25) is 10.0 Å². The lowest BCUT2D eigenvalue weighted by Gasteiger charge is -2.21. The molecule has 2 aromatic heterocycles. The number of carbonyl (C=O) groups is 1. The molecule has 1 aromatic carbocycles. The summed E-state index contributed by atoms with van der Waals surface area (Å²) in [6, 6.07) is 12.4. The molecular formula is C18H15Cl2NO3.